The summed E-state index contributed by atoms with van der Waals surface area (Å²) in [6.45, 7) is 2.01. The maximum Gasteiger partial charge on any atom is 0.176 e. The third-order valence-corrected chi connectivity index (χ3v) is 3.39. The van der Waals surface area contributed by atoms with Crippen LogP contribution in [0.1, 0.15) is 29.6 Å². The van der Waals surface area contributed by atoms with E-state index in [1.807, 2.05) is 11.9 Å². The van der Waals surface area contributed by atoms with Gasteiger partial charge in [0, 0.05) is 18.7 Å². The van der Waals surface area contributed by atoms with Crippen molar-refractivity contribution in [3.63, 3.8) is 0 Å². The zero-order chi connectivity index (χ0) is 13.7. The smallest absolute Gasteiger partial charge is 0.176 e. The summed E-state index contributed by atoms with van der Waals surface area (Å²) in [5, 5.41) is 9.20. The number of nitrogens with zero attached hydrogens (tertiary/aromatic N) is 1. The highest BCUT2D eigenvalue weighted by atomic mass is 16.5. The number of likely N-dealkylation sites (N-methyl/N-ethyl adjacent to an activating group) is 1. The fraction of sp³-hybridized carbons (Fsp3) is 0.533. The summed E-state index contributed by atoms with van der Waals surface area (Å²) in [6.07, 6.45) is 3.70. The Balaban J connectivity index is 1.82. The Morgan fingerprint density at radius 2 is 2.11 bits per heavy atom. The van der Waals surface area contributed by atoms with Crippen LogP contribution >= 0.6 is 0 Å². The molecule has 1 aromatic carbocycles. The molecule has 4 heteroatoms. The van der Waals surface area contributed by atoms with Gasteiger partial charge in [-0.05, 0) is 50.6 Å². The standard InChI is InChI=1S/C15H21NO3/c1-16(10-14-4-2-3-9-19-14)11-15(18)12-5-7-13(17)8-6-12/h5-8,14,17H,2-4,9-11H2,1H3. The van der Waals surface area contributed by atoms with Gasteiger partial charge >= 0.3 is 0 Å². The summed E-state index contributed by atoms with van der Waals surface area (Å²) in [4.78, 5) is 14.0. The molecule has 0 bridgehead atoms. The molecule has 19 heavy (non-hydrogen) atoms. The van der Waals surface area contributed by atoms with Crippen LogP contribution in [0.2, 0.25) is 0 Å². The van der Waals surface area contributed by atoms with E-state index >= 15 is 0 Å². The molecule has 1 aliphatic heterocycles. The zero-order valence-electron chi connectivity index (χ0n) is 11.3. The third-order valence-electron chi connectivity index (χ3n) is 3.39. The third kappa shape index (κ3) is 4.33. The van der Waals surface area contributed by atoms with Crippen molar-refractivity contribution >= 4 is 5.78 Å². The van der Waals surface area contributed by atoms with Gasteiger partial charge in [0.2, 0.25) is 0 Å². The van der Waals surface area contributed by atoms with Gasteiger partial charge in [0.15, 0.2) is 5.78 Å². The van der Waals surface area contributed by atoms with Gasteiger partial charge in [0.05, 0.1) is 12.6 Å². The minimum atomic E-state index is 0.0679. The van der Waals surface area contributed by atoms with E-state index in [4.69, 9.17) is 4.74 Å². The molecule has 104 valence electrons. The Kier molecular flexibility index (Phi) is 4.93. The number of phenols is 1. The predicted molar refractivity (Wildman–Crippen MR) is 73.5 cm³/mol. The van der Waals surface area contributed by atoms with Crippen molar-refractivity contribution in [2.75, 3.05) is 26.7 Å². The van der Waals surface area contributed by atoms with Gasteiger partial charge in [-0.3, -0.25) is 9.69 Å². The molecule has 1 aliphatic rings. The number of ether oxygens (including phenoxy) is 1. The quantitative estimate of drug-likeness (QED) is 0.826. The molecule has 0 amide bonds. The van der Waals surface area contributed by atoms with Crippen LogP contribution in [-0.2, 0) is 4.74 Å². The number of carbonyl (C=O) groups excluding carboxylic acids is 1. The number of ketones is 1. The lowest BCUT2D eigenvalue weighted by Crippen LogP contribution is -2.36. The number of aromatic hydroxyl groups is 1. The van der Waals surface area contributed by atoms with E-state index in [1.54, 1.807) is 12.1 Å². The van der Waals surface area contributed by atoms with Gasteiger partial charge in [-0.15, -0.1) is 0 Å². The molecule has 1 atom stereocenters. The maximum atomic E-state index is 12.0. The second-order valence-electron chi connectivity index (χ2n) is 5.16. The van der Waals surface area contributed by atoms with E-state index < -0.39 is 0 Å². The fourth-order valence-corrected chi connectivity index (χ4v) is 2.35. The Hall–Kier alpha value is -1.39. The highest BCUT2D eigenvalue weighted by molar-refractivity contribution is 5.97. The largest absolute Gasteiger partial charge is 0.508 e. The normalized spacial score (nSPS) is 19.6. The number of phenolic OH excluding ortho intramolecular Hbond substituents is 1. The Labute approximate surface area is 114 Å². The second kappa shape index (κ2) is 6.68. The molecule has 1 heterocycles. The minimum Gasteiger partial charge on any atom is -0.508 e. The predicted octanol–water partition coefficient (Wildman–Crippen LogP) is 2.08. The van der Waals surface area contributed by atoms with Gasteiger partial charge in [0.25, 0.3) is 0 Å². The molecule has 2 rings (SSSR count). The molecule has 0 aromatic heterocycles. The SMILES string of the molecule is CN(CC(=O)c1ccc(O)cc1)CC1CCCCO1. The lowest BCUT2D eigenvalue weighted by molar-refractivity contribution is -0.000668. The molecule has 1 N–H and O–H groups in total. The monoisotopic (exact) mass is 263 g/mol. The average Bonchev–Trinajstić information content (AvgIpc) is 2.40. The van der Waals surface area contributed by atoms with Crippen molar-refractivity contribution in [3.05, 3.63) is 29.8 Å². The van der Waals surface area contributed by atoms with E-state index in [-0.39, 0.29) is 17.6 Å². The number of benzene rings is 1. The van der Waals surface area contributed by atoms with Crippen LogP contribution in [0.5, 0.6) is 5.75 Å². The van der Waals surface area contributed by atoms with Gasteiger partial charge in [-0.25, -0.2) is 0 Å². The average molecular weight is 263 g/mol. The van der Waals surface area contributed by atoms with Crippen molar-refractivity contribution < 1.29 is 14.6 Å². The van der Waals surface area contributed by atoms with Crippen LogP contribution in [0.3, 0.4) is 0 Å². The van der Waals surface area contributed by atoms with Gasteiger partial charge < -0.3 is 9.84 Å². The molecule has 0 spiro atoms. The topological polar surface area (TPSA) is 49.8 Å². The maximum absolute atomic E-state index is 12.0. The number of carbonyl (C=O) groups is 1. The van der Waals surface area contributed by atoms with Crippen molar-refractivity contribution in [2.24, 2.45) is 0 Å². The first kappa shape index (κ1) is 14.0. The van der Waals surface area contributed by atoms with Crippen LogP contribution in [0, 0.1) is 0 Å². The first-order valence-electron chi connectivity index (χ1n) is 6.77. The molecule has 1 saturated heterocycles. The number of hydrogen-bond acceptors (Lipinski definition) is 4. The van der Waals surface area contributed by atoms with Crippen molar-refractivity contribution in [2.45, 2.75) is 25.4 Å². The summed E-state index contributed by atoms with van der Waals surface area (Å²) in [5.74, 6) is 0.249. The van der Waals surface area contributed by atoms with E-state index in [0.717, 1.165) is 26.0 Å². The Morgan fingerprint density at radius 3 is 2.74 bits per heavy atom. The molecule has 1 aromatic rings. The van der Waals surface area contributed by atoms with E-state index in [2.05, 4.69) is 0 Å². The summed E-state index contributed by atoms with van der Waals surface area (Å²) in [5.41, 5.74) is 0.634. The van der Waals surface area contributed by atoms with Crippen LogP contribution in [0.25, 0.3) is 0 Å². The van der Waals surface area contributed by atoms with Gasteiger partial charge in [-0.1, -0.05) is 0 Å². The molecule has 0 radical (unpaired) electrons. The number of Topliss-reactive ketones (excluding diaryl/α,β-unsaturated/α-hetero) is 1. The number of rotatable bonds is 5. The van der Waals surface area contributed by atoms with E-state index in [0.29, 0.717) is 12.1 Å². The summed E-state index contributed by atoms with van der Waals surface area (Å²) in [7, 11) is 1.94. The van der Waals surface area contributed by atoms with Crippen LogP contribution in [-0.4, -0.2) is 48.6 Å². The fourth-order valence-electron chi connectivity index (χ4n) is 2.35. The summed E-state index contributed by atoms with van der Waals surface area (Å²) in [6, 6.07) is 6.39. The van der Waals surface area contributed by atoms with Crippen molar-refractivity contribution in [3.8, 4) is 5.75 Å². The Bertz CT molecular complexity index is 410. The van der Waals surface area contributed by atoms with Crippen molar-refractivity contribution in [1.29, 1.82) is 0 Å². The first-order chi connectivity index (χ1) is 9.15. The molecule has 1 fully saturated rings. The van der Waals surface area contributed by atoms with Gasteiger partial charge in [0.1, 0.15) is 5.75 Å². The lowest BCUT2D eigenvalue weighted by atomic mass is 10.1. The summed E-state index contributed by atoms with van der Waals surface area (Å²) >= 11 is 0. The summed E-state index contributed by atoms with van der Waals surface area (Å²) < 4.78 is 5.67. The molecule has 0 saturated carbocycles. The zero-order valence-corrected chi connectivity index (χ0v) is 11.3. The lowest BCUT2D eigenvalue weighted by Gasteiger charge is -2.27. The minimum absolute atomic E-state index is 0.0679. The molecular weight excluding hydrogens is 242 g/mol. The molecular formula is C15H21NO3. The van der Waals surface area contributed by atoms with Crippen LogP contribution in [0.4, 0.5) is 0 Å². The highest BCUT2D eigenvalue weighted by Crippen LogP contribution is 2.14. The van der Waals surface area contributed by atoms with E-state index in [9.17, 15) is 9.90 Å². The number of hydrogen-bond donors (Lipinski definition) is 1. The highest BCUT2D eigenvalue weighted by Gasteiger charge is 2.17. The second-order valence-corrected chi connectivity index (χ2v) is 5.16. The Morgan fingerprint density at radius 1 is 1.37 bits per heavy atom. The molecule has 4 nitrogen and oxygen atoms in total. The first-order valence-corrected chi connectivity index (χ1v) is 6.77. The van der Waals surface area contributed by atoms with Gasteiger partial charge in [-0.2, -0.15) is 0 Å². The van der Waals surface area contributed by atoms with E-state index in [1.165, 1.54) is 18.6 Å². The van der Waals surface area contributed by atoms with Crippen LogP contribution in [0.15, 0.2) is 24.3 Å². The molecule has 1 unspecified atom stereocenters. The van der Waals surface area contributed by atoms with Crippen LogP contribution < -0.4 is 0 Å². The molecule has 0 aliphatic carbocycles. The van der Waals surface area contributed by atoms with Crippen molar-refractivity contribution in [1.82, 2.24) is 4.90 Å².